The second kappa shape index (κ2) is 9.58. The molecule has 0 aliphatic carbocycles. The highest BCUT2D eigenvalue weighted by Crippen LogP contribution is 2.19. The highest BCUT2D eigenvalue weighted by atomic mass is 127. The quantitative estimate of drug-likeness (QED) is 0.484. The summed E-state index contributed by atoms with van der Waals surface area (Å²) in [6.45, 7) is 3.97. The van der Waals surface area contributed by atoms with Crippen molar-refractivity contribution in [2.24, 2.45) is 0 Å². The van der Waals surface area contributed by atoms with Gasteiger partial charge in [-0.05, 0) is 43.3 Å². The monoisotopic (exact) mass is 505 g/mol. The van der Waals surface area contributed by atoms with Gasteiger partial charge < -0.3 is 19.2 Å². The minimum Gasteiger partial charge on any atom is -0.542 e. The van der Waals surface area contributed by atoms with Crippen molar-refractivity contribution in [3.8, 4) is 11.5 Å². The highest BCUT2D eigenvalue weighted by Gasteiger charge is 2.29. The molecule has 148 valence electrons. The number of benzene rings is 2. The van der Waals surface area contributed by atoms with Crippen molar-refractivity contribution < 1.29 is 53.5 Å². The predicted octanol–water partition coefficient (Wildman–Crippen LogP) is 0.511. The third-order valence-electron chi connectivity index (χ3n) is 3.17. The molecule has 0 radical (unpaired) electrons. The first kappa shape index (κ1) is 21.7. The summed E-state index contributed by atoms with van der Waals surface area (Å²) < 4.78 is 45.2. The van der Waals surface area contributed by atoms with E-state index in [4.69, 9.17) is 19.2 Å². The number of aryl methyl sites for hydroxylation is 2. The number of para-hydroxylation sites is 1. The third kappa shape index (κ3) is 6.55. The number of aliphatic carboxylic acids is 1. The maximum absolute atomic E-state index is 10.5. The fourth-order valence-electron chi connectivity index (χ4n) is 1.91. The summed E-state index contributed by atoms with van der Waals surface area (Å²) in [5.74, 6) is -0.365. The zero-order chi connectivity index (χ0) is 20.7. The van der Waals surface area contributed by atoms with E-state index in [1.54, 1.807) is 0 Å². The summed E-state index contributed by atoms with van der Waals surface area (Å²) in [6.07, 6.45) is -5.19. The van der Waals surface area contributed by atoms with Crippen LogP contribution in [0.15, 0.2) is 59.1 Å². The highest BCUT2D eigenvalue weighted by molar-refractivity contribution is 5.70. The summed E-state index contributed by atoms with van der Waals surface area (Å²) in [5, 5.41) is 12.8. The standard InChI is InChI=1S/C17H15INO2.C2HF3O2/c1-12-17(13(2)21-19-12)18-14-8-10-16(11-9-14)20-15-6-4-3-5-7-15;3-2(4,5)1(6)7/h3-11H,1-2H3;(H,6,7)/q+1;/p-1. The molecule has 0 saturated heterocycles. The largest absolute Gasteiger partial charge is 0.542 e. The number of hydrogen-bond donors (Lipinski definition) is 0. The minimum absolute atomic E-state index is 0.262. The lowest BCUT2D eigenvalue weighted by Gasteiger charge is -2.03. The molecule has 1 aromatic heterocycles. The first-order valence-corrected chi connectivity index (χ1v) is 10.0. The van der Waals surface area contributed by atoms with E-state index in [9.17, 15) is 13.2 Å². The van der Waals surface area contributed by atoms with Crippen molar-refractivity contribution >= 4 is 5.97 Å². The molecule has 0 atom stereocenters. The molecule has 0 amide bonds. The van der Waals surface area contributed by atoms with Crippen molar-refractivity contribution in [3.63, 3.8) is 0 Å². The van der Waals surface area contributed by atoms with Gasteiger partial charge in [0.05, 0.1) is 0 Å². The summed E-state index contributed by atoms with van der Waals surface area (Å²) >= 11 is -0.262. The fourth-order valence-corrected chi connectivity index (χ4v) is 4.22. The van der Waals surface area contributed by atoms with Gasteiger partial charge in [-0.1, -0.05) is 23.4 Å². The fraction of sp³-hybridized carbons (Fsp3) is 0.158. The average molecular weight is 505 g/mol. The van der Waals surface area contributed by atoms with Crippen molar-refractivity contribution in [1.82, 2.24) is 5.16 Å². The van der Waals surface area contributed by atoms with Crippen LogP contribution < -0.4 is 31.0 Å². The molecule has 2 aromatic carbocycles. The molecule has 0 fully saturated rings. The number of carboxylic acid groups (broad SMARTS) is 1. The topological polar surface area (TPSA) is 75.4 Å². The van der Waals surface area contributed by atoms with Crippen LogP contribution in [0.1, 0.15) is 11.5 Å². The Labute approximate surface area is 169 Å². The zero-order valence-corrected chi connectivity index (χ0v) is 16.9. The number of halogens is 4. The summed E-state index contributed by atoms with van der Waals surface area (Å²) in [6, 6.07) is 18.1. The number of alkyl halides is 3. The second-order valence-electron chi connectivity index (χ2n) is 5.39. The molecular formula is C19H15F3INO4. The van der Waals surface area contributed by atoms with E-state index in [0.29, 0.717) is 0 Å². The van der Waals surface area contributed by atoms with E-state index in [2.05, 4.69) is 17.3 Å². The molecule has 0 spiro atoms. The van der Waals surface area contributed by atoms with E-state index in [1.165, 1.54) is 7.14 Å². The maximum atomic E-state index is 10.5. The lowest BCUT2D eigenvalue weighted by molar-refractivity contribution is -0.599. The summed E-state index contributed by atoms with van der Waals surface area (Å²) in [7, 11) is 0. The maximum Gasteiger partial charge on any atom is 0.430 e. The van der Waals surface area contributed by atoms with E-state index in [1.807, 2.05) is 56.3 Å². The predicted molar refractivity (Wildman–Crippen MR) is 87.4 cm³/mol. The van der Waals surface area contributed by atoms with E-state index < -0.39 is 12.1 Å². The molecule has 3 aromatic rings. The lowest BCUT2D eigenvalue weighted by atomic mass is 10.3. The minimum atomic E-state index is -5.19. The van der Waals surface area contributed by atoms with Crippen LogP contribution in [-0.4, -0.2) is 17.3 Å². The van der Waals surface area contributed by atoms with Crippen molar-refractivity contribution in [2.45, 2.75) is 20.0 Å². The van der Waals surface area contributed by atoms with Gasteiger partial charge in [-0.15, -0.1) is 0 Å². The van der Waals surface area contributed by atoms with Crippen LogP contribution in [0.3, 0.4) is 0 Å². The molecule has 0 bridgehead atoms. The number of nitrogens with zero attached hydrogens (tertiary/aromatic N) is 1. The number of carbonyl (C=O) groups excluding carboxylic acids is 1. The number of carboxylic acids is 1. The first-order chi connectivity index (χ1) is 13.2. The Morgan fingerprint density at radius 1 is 1.04 bits per heavy atom. The van der Waals surface area contributed by atoms with Gasteiger partial charge in [0.15, 0.2) is 9.33 Å². The Hall–Kier alpha value is -2.56. The van der Waals surface area contributed by atoms with Crippen molar-refractivity contribution in [3.05, 3.63) is 73.2 Å². The number of rotatable bonds is 4. The number of aromatic nitrogens is 1. The van der Waals surface area contributed by atoms with Crippen LogP contribution in [0.25, 0.3) is 0 Å². The van der Waals surface area contributed by atoms with Crippen LogP contribution in [0.4, 0.5) is 13.2 Å². The molecule has 3 rings (SSSR count). The Balaban J connectivity index is 0.000000345. The van der Waals surface area contributed by atoms with Gasteiger partial charge in [-0.2, -0.15) is 13.2 Å². The number of ether oxygens (including phenoxy) is 1. The lowest BCUT2D eigenvalue weighted by Crippen LogP contribution is -3.61. The van der Waals surface area contributed by atoms with Crippen molar-refractivity contribution in [2.75, 3.05) is 0 Å². The van der Waals surface area contributed by atoms with Gasteiger partial charge in [0.1, 0.15) is 23.2 Å². The molecular weight excluding hydrogens is 490 g/mol. The van der Waals surface area contributed by atoms with Crippen LogP contribution in [0, 0.1) is 21.0 Å². The second-order valence-corrected chi connectivity index (χ2v) is 8.25. The van der Waals surface area contributed by atoms with Gasteiger partial charge in [0, 0.05) is 6.92 Å². The van der Waals surface area contributed by atoms with Crippen LogP contribution in [0.2, 0.25) is 0 Å². The van der Waals surface area contributed by atoms with E-state index in [0.717, 1.165) is 23.0 Å². The SMILES string of the molecule is Cc1noc(C)c1[I+]c1ccc(Oc2ccccc2)cc1.O=C([O-])C(F)(F)F. The van der Waals surface area contributed by atoms with Crippen molar-refractivity contribution in [1.29, 1.82) is 0 Å². The van der Waals surface area contributed by atoms with Gasteiger partial charge in [0.2, 0.25) is 0 Å². The molecule has 1 heterocycles. The third-order valence-corrected chi connectivity index (χ3v) is 6.60. The smallest absolute Gasteiger partial charge is 0.430 e. The Morgan fingerprint density at radius 2 is 1.57 bits per heavy atom. The van der Waals surface area contributed by atoms with Crippen LogP contribution in [-0.2, 0) is 4.79 Å². The van der Waals surface area contributed by atoms with Crippen LogP contribution >= 0.6 is 0 Å². The molecule has 0 saturated carbocycles. The van der Waals surface area contributed by atoms with E-state index >= 15 is 0 Å². The molecule has 5 nitrogen and oxygen atoms in total. The normalized spacial score (nSPS) is 10.8. The molecule has 0 aliphatic heterocycles. The van der Waals surface area contributed by atoms with Crippen LogP contribution in [0.5, 0.6) is 11.5 Å². The van der Waals surface area contributed by atoms with Gasteiger partial charge in [0.25, 0.3) is 3.57 Å². The first-order valence-electron chi connectivity index (χ1n) is 7.85. The Morgan fingerprint density at radius 3 is 2.04 bits per heavy atom. The summed E-state index contributed by atoms with van der Waals surface area (Å²) in [4.78, 5) is 8.78. The Kier molecular flexibility index (Phi) is 7.44. The van der Waals surface area contributed by atoms with E-state index in [-0.39, 0.29) is 21.2 Å². The number of carbonyl (C=O) groups is 1. The zero-order valence-electron chi connectivity index (χ0n) is 14.8. The molecule has 0 unspecified atom stereocenters. The molecule has 28 heavy (non-hydrogen) atoms. The molecule has 9 heteroatoms. The van der Waals surface area contributed by atoms with Gasteiger partial charge in [-0.3, -0.25) is 0 Å². The Bertz CT molecular complexity index is 890. The number of hydrogen-bond acceptors (Lipinski definition) is 5. The average Bonchev–Trinajstić information content (AvgIpc) is 2.96. The van der Waals surface area contributed by atoms with Gasteiger partial charge >= 0.3 is 27.4 Å². The van der Waals surface area contributed by atoms with Gasteiger partial charge in [-0.25, -0.2) is 0 Å². The summed E-state index contributed by atoms with van der Waals surface area (Å²) in [5.41, 5.74) is 1.00. The molecule has 0 N–H and O–H groups in total. The molecule has 0 aliphatic rings.